The summed E-state index contributed by atoms with van der Waals surface area (Å²) in [6, 6.07) is 1.51. The first-order valence-corrected chi connectivity index (χ1v) is 7.94. The van der Waals surface area contributed by atoms with Crippen molar-refractivity contribution in [3.05, 3.63) is 18.5 Å². The second kappa shape index (κ2) is 5.65. The van der Waals surface area contributed by atoms with Crippen molar-refractivity contribution in [2.45, 2.75) is 36.7 Å². The molecule has 1 saturated heterocycles. The van der Waals surface area contributed by atoms with Crippen LogP contribution in [0.2, 0.25) is 0 Å². The maximum Gasteiger partial charge on any atom is 0.246 e. The van der Waals surface area contributed by atoms with Crippen molar-refractivity contribution in [3.63, 3.8) is 0 Å². The zero-order valence-electron chi connectivity index (χ0n) is 11.4. The maximum absolute atomic E-state index is 12.6. The summed E-state index contributed by atoms with van der Waals surface area (Å²) in [6.45, 7) is 2.41. The van der Waals surface area contributed by atoms with Crippen LogP contribution in [0.1, 0.15) is 26.2 Å². The smallest absolute Gasteiger partial charge is 0.246 e. The van der Waals surface area contributed by atoms with Crippen molar-refractivity contribution in [3.8, 4) is 0 Å². The van der Waals surface area contributed by atoms with Gasteiger partial charge in [0.2, 0.25) is 10.0 Å². The van der Waals surface area contributed by atoms with E-state index in [1.807, 2.05) is 0 Å². The number of nitrogens with one attached hydrogen (secondary N) is 1. The number of hydrogen-bond donors (Lipinski definition) is 3. The molecule has 1 atom stereocenters. The van der Waals surface area contributed by atoms with Crippen LogP contribution in [0.4, 0.5) is 5.69 Å². The van der Waals surface area contributed by atoms with Gasteiger partial charge in [-0.15, -0.1) is 0 Å². The highest BCUT2D eigenvalue weighted by molar-refractivity contribution is 7.89. The molecule has 0 bridgehead atoms. The van der Waals surface area contributed by atoms with E-state index in [4.69, 9.17) is 5.84 Å². The predicted molar refractivity (Wildman–Crippen MR) is 75.3 cm³/mol. The van der Waals surface area contributed by atoms with Crippen molar-refractivity contribution in [2.24, 2.45) is 5.84 Å². The fourth-order valence-electron chi connectivity index (χ4n) is 2.32. The van der Waals surface area contributed by atoms with Crippen LogP contribution in [-0.4, -0.2) is 41.5 Å². The molecule has 8 heteroatoms. The summed E-state index contributed by atoms with van der Waals surface area (Å²) in [5.41, 5.74) is 1.88. The Morgan fingerprint density at radius 1 is 1.45 bits per heavy atom. The molecule has 0 aliphatic carbocycles. The molecule has 7 nitrogen and oxygen atoms in total. The second-order valence-corrected chi connectivity index (χ2v) is 7.18. The SMILES string of the molecule is CC1(O)CCCN(S(=O)(=O)c2cnccc2NN)CC1. The number of nitrogen functional groups attached to an aromatic ring is 1. The van der Waals surface area contributed by atoms with Gasteiger partial charge in [0.05, 0.1) is 11.3 Å². The van der Waals surface area contributed by atoms with E-state index in [1.165, 1.54) is 22.8 Å². The number of nitrogens with zero attached hydrogens (tertiary/aromatic N) is 2. The summed E-state index contributed by atoms with van der Waals surface area (Å²) in [5, 5.41) is 10.0. The van der Waals surface area contributed by atoms with E-state index in [-0.39, 0.29) is 11.4 Å². The molecule has 2 heterocycles. The highest BCUT2D eigenvalue weighted by atomic mass is 32.2. The predicted octanol–water partition coefficient (Wildman–Crippen LogP) is 0.293. The molecule has 0 spiro atoms. The van der Waals surface area contributed by atoms with Crippen molar-refractivity contribution in [2.75, 3.05) is 18.5 Å². The third-order valence-corrected chi connectivity index (χ3v) is 5.51. The molecule has 1 fully saturated rings. The van der Waals surface area contributed by atoms with Crippen LogP contribution < -0.4 is 11.3 Å². The highest BCUT2D eigenvalue weighted by Crippen LogP contribution is 2.28. The summed E-state index contributed by atoms with van der Waals surface area (Å²) in [4.78, 5) is 3.91. The van der Waals surface area contributed by atoms with Crippen LogP contribution in [0.5, 0.6) is 0 Å². The first-order chi connectivity index (χ1) is 9.37. The molecule has 4 N–H and O–H groups in total. The minimum Gasteiger partial charge on any atom is -0.390 e. The molecule has 1 aliphatic heterocycles. The van der Waals surface area contributed by atoms with Crippen molar-refractivity contribution >= 4 is 15.7 Å². The van der Waals surface area contributed by atoms with Crippen LogP contribution in [0.3, 0.4) is 0 Å². The molecule has 1 aromatic heterocycles. The normalized spacial score (nSPS) is 25.1. The lowest BCUT2D eigenvalue weighted by molar-refractivity contribution is 0.0465. The lowest BCUT2D eigenvalue weighted by Crippen LogP contribution is -2.34. The van der Waals surface area contributed by atoms with E-state index in [9.17, 15) is 13.5 Å². The van der Waals surface area contributed by atoms with E-state index in [1.54, 1.807) is 6.92 Å². The van der Waals surface area contributed by atoms with Crippen molar-refractivity contribution < 1.29 is 13.5 Å². The summed E-state index contributed by atoms with van der Waals surface area (Å²) in [7, 11) is -3.66. The Labute approximate surface area is 118 Å². The first kappa shape index (κ1) is 15.2. The number of sulfonamides is 1. The molecule has 0 saturated carbocycles. The number of aliphatic hydroxyl groups is 1. The number of anilines is 1. The molecular weight excluding hydrogens is 280 g/mol. The Morgan fingerprint density at radius 2 is 2.20 bits per heavy atom. The lowest BCUT2D eigenvalue weighted by atomic mass is 9.98. The largest absolute Gasteiger partial charge is 0.390 e. The van der Waals surface area contributed by atoms with E-state index in [0.717, 1.165) is 0 Å². The Balaban J connectivity index is 2.30. The highest BCUT2D eigenvalue weighted by Gasteiger charge is 2.32. The molecule has 0 aromatic carbocycles. The Hall–Kier alpha value is -1.22. The Bertz CT molecular complexity index is 574. The summed E-state index contributed by atoms with van der Waals surface area (Å²) >= 11 is 0. The fourth-order valence-corrected chi connectivity index (χ4v) is 3.90. The second-order valence-electron chi connectivity index (χ2n) is 5.27. The van der Waals surface area contributed by atoms with Gasteiger partial charge >= 0.3 is 0 Å². The van der Waals surface area contributed by atoms with Gasteiger partial charge in [-0.05, 0) is 32.3 Å². The summed E-state index contributed by atoms with van der Waals surface area (Å²) in [5.74, 6) is 5.35. The number of hydrazine groups is 1. The van der Waals surface area contributed by atoms with Crippen LogP contribution >= 0.6 is 0 Å². The van der Waals surface area contributed by atoms with E-state index < -0.39 is 15.6 Å². The molecule has 1 aromatic rings. The van der Waals surface area contributed by atoms with Gasteiger partial charge in [0, 0.05) is 25.5 Å². The number of nitrogens with two attached hydrogens (primary N) is 1. The quantitative estimate of drug-likeness (QED) is 0.547. The van der Waals surface area contributed by atoms with Gasteiger partial charge in [0.1, 0.15) is 4.90 Å². The molecule has 1 unspecified atom stereocenters. The van der Waals surface area contributed by atoms with Gasteiger partial charge in [-0.2, -0.15) is 4.31 Å². The minimum atomic E-state index is -3.66. The molecule has 20 heavy (non-hydrogen) atoms. The van der Waals surface area contributed by atoms with Crippen LogP contribution in [0, 0.1) is 0 Å². The molecule has 0 amide bonds. The van der Waals surface area contributed by atoms with Gasteiger partial charge in [0.25, 0.3) is 0 Å². The molecule has 0 radical (unpaired) electrons. The Morgan fingerprint density at radius 3 is 2.90 bits per heavy atom. The van der Waals surface area contributed by atoms with E-state index in [2.05, 4.69) is 10.4 Å². The average molecular weight is 300 g/mol. The number of aromatic nitrogens is 1. The fraction of sp³-hybridized carbons (Fsp3) is 0.583. The molecule has 112 valence electrons. The molecule has 2 rings (SSSR count). The van der Waals surface area contributed by atoms with Crippen molar-refractivity contribution in [1.29, 1.82) is 0 Å². The van der Waals surface area contributed by atoms with Gasteiger partial charge in [-0.25, -0.2) is 8.42 Å². The maximum atomic E-state index is 12.6. The van der Waals surface area contributed by atoms with Gasteiger partial charge in [-0.3, -0.25) is 10.8 Å². The standard InChI is InChI=1S/C12H20N4O3S/c1-12(17)4-2-7-16(8-5-12)20(18,19)11-9-14-6-3-10(11)15-13/h3,6,9,17H,2,4-5,7-8,13H2,1H3,(H,14,15). The van der Waals surface area contributed by atoms with Crippen LogP contribution in [0.25, 0.3) is 0 Å². The zero-order valence-corrected chi connectivity index (χ0v) is 12.2. The average Bonchev–Trinajstić information content (AvgIpc) is 2.60. The molecular formula is C12H20N4O3S. The number of rotatable bonds is 3. The first-order valence-electron chi connectivity index (χ1n) is 6.50. The molecule has 1 aliphatic rings. The van der Waals surface area contributed by atoms with Crippen LogP contribution in [-0.2, 0) is 10.0 Å². The summed E-state index contributed by atoms with van der Waals surface area (Å²) < 4.78 is 26.7. The van der Waals surface area contributed by atoms with Crippen molar-refractivity contribution in [1.82, 2.24) is 9.29 Å². The van der Waals surface area contributed by atoms with E-state index >= 15 is 0 Å². The van der Waals surface area contributed by atoms with Gasteiger partial charge in [0.15, 0.2) is 0 Å². The number of hydrogen-bond acceptors (Lipinski definition) is 6. The van der Waals surface area contributed by atoms with Gasteiger partial charge in [-0.1, -0.05) is 0 Å². The third-order valence-electron chi connectivity index (χ3n) is 3.58. The third kappa shape index (κ3) is 3.09. The monoisotopic (exact) mass is 300 g/mol. The van der Waals surface area contributed by atoms with Crippen LogP contribution in [0.15, 0.2) is 23.4 Å². The van der Waals surface area contributed by atoms with E-state index in [0.29, 0.717) is 31.5 Å². The van der Waals surface area contributed by atoms with Gasteiger partial charge < -0.3 is 10.5 Å². The number of pyridine rings is 1. The summed E-state index contributed by atoms with van der Waals surface area (Å²) in [6.07, 6.45) is 4.39. The zero-order chi connectivity index (χ0) is 14.8. The minimum absolute atomic E-state index is 0.0593. The Kier molecular flexibility index (Phi) is 4.28. The lowest BCUT2D eigenvalue weighted by Gasteiger charge is -2.22. The topological polar surface area (TPSA) is 109 Å².